The molecule has 0 saturated heterocycles. The Labute approximate surface area is 149 Å². The molecule has 1 N–H and O–H groups in total. The Morgan fingerprint density at radius 1 is 1.38 bits per heavy atom. The van der Waals surface area contributed by atoms with Crippen molar-refractivity contribution in [3.8, 4) is 6.01 Å². The van der Waals surface area contributed by atoms with Crippen LogP contribution in [0.25, 0.3) is 5.57 Å². The molecule has 2 heterocycles. The largest absolute Gasteiger partial charge is 0.461 e. The molecule has 0 aromatic carbocycles. The van der Waals surface area contributed by atoms with Crippen LogP contribution in [0, 0.1) is 0 Å². The number of alkyl halides is 1. The van der Waals surface area contributed by atoms with Crippen LogP contribution in [-0.2, 0) is 11.5 Å². The summed E-state index contributed by atoms with van der Waals surface area (Å²) in [5, 5.41) is 7.54. The Morgan fingerprint density at radius 3 is 2.71 bits per heavy atom. The fourth-order valence-corrected chi connectivity index (χ4v) is 2.85. The number of nitrogens with zero attached hydrogens (tertiary/aromatic N) is 3. The molecule has 0 bridgehead atoms. The minimum Gasteiger partial charge on any atom is -0.461 e. The molecule has 1 atom stereocenters. The van der Waals surface area contributed by atoms with Crippen molar-refractivity contribution in [2.24, 2.45) is 0 Å². The van der Waals surface area contributed by atoms with Gasteiger partial charge in [0.2, 0.25) is 0 Å². The molecule has 8 heteroatoms. The van der Waals surface area contributed by atoms with E-state index in [2.05, 4.69) is 35.0 Å². The third-order valence-corrected chi connectivity index (χ3v) is 5.27. The predicted octanol–water partition coefficient (Wildman–Crippen LogP) is 3.44. The Balaban J connectivity index is 2.06. The van der Waals surface area contributed by atoms with E-state index < -0.39 is 8.07 Å². The van der Waals surface area contributed by atoms with Gasteiger partial charge in [0.1, 0.15) is 12.2 Å². The first-order valence-electron chi connectivity index (χ1n) is 8.23. The predicted molar refractivity (Wildman–Crippen MR) is 99.8 cm³/mol. The second-order valence-electron chi connectivity index (χ2n) is 7.26. The summed E-state index contributed by atoms with van der Waals surface area (Å²) in [6.07, 6.45) is 5.58. The maximum atomic E-state index is 5.97. The maximum Gasteiger partial charge on any atom is 0.317 e. The number of aromatic nitrogens is 3. The van der Waals surface area contributed by atoms with Gasteiger partial charge in [-0.3, -0.25) is 0 Å². The molecule has 0 fully saturated rings. The molecule has 0 amide bonds. The Kier molecular flexibility index (Phi) is 6.48. The van der Waals surface area contributed by atoms with Crippen LogP contribution in [0.2, 0.25) is 25.7 Å². The number of dihydropyridines is 1. The zero-order chi connectivity index (χ0) is 17.7. The lowest BCUT2D eigenvalue weighted by Crippen LogP contribution is -2.22. The fourth-order valence-electron chi connectivity index (χ4n) is 1.96. The van der Waals surface area contributed by atoms with E-state index in [9.17, 15) is 0 Å². The number of rotatable bonds is 8. The van der Waals surface area contributed by atoms with E-state index in [0.29, 0.717) is 18.6 Å². The van der Waals surface area contributed by atoms with Crippen LogP contribution in [-0.4, -0.2) is 41.1 Å². The molecule has 2 rings (SSSR count). The number of hydrogen-bond donors (Lipinski definition) is 1. The van der Waals surface area contributed by atoms with E-state index in [1.165, 1.54) is 0 Å². The van der Waals surface area contributed by atoms with Crippen LogP contribution in [0.5, 0.6) is 6.01 Å². The topological polar surface area (TPSA) is 61.2 Å². The third-order valence-electron chi connectivity index (χ3n) is 3.29. The van der Waals surface area contributed by atoms with E-state index in [1.807, 2.05) is 32.2 Å². The second-order valence-corrected chi connectivity index (χ2v) is 13.4. The minimum absolute atomic E-state index is 0.0176. The van der Waals surface area contributed by atoms with Gasteiger partial charge in [0.05, 0.1) is 6.10 Å². The highest BCUT2D eigenvalue weighted by molar-refractivity contribution is 6.76. The lowest BCUT2D eigenvalue weighted by Gasteiger charge is -2.15. The van der Waals surface area contributed by atoms with Gasteiger partial charge >= 0.3 is 6.01 Å². The standard InChI is InChI=1S/C16H27ClN4O2Si/c1-12(2)23-16-19-15(13-6-7-14(17)18-10-13)20-21(16)11-22-8-9-24(3,4)5/h6-7,10,12,14,18H,8-9,11H2,1-5H3. The molecule has 134 valence electrons. The third kappa shape index (κ3) is 5.96. The molecule has 6 nitrogen and oxygen atoms in total. The molecule has 1 aromatic heterocycles. The Morgan fingerprint density at radius 2 is 2.12 bits per heavy atom. The smallest absolute Gasteiger partial charge is 0.317 e. The Bertz CT molecular complexity index is 608. The van der Waals surface area contributed by atoms with Crippen molar-refractivity contribution in [2.45, 2.75) is 57.9 Å². The summed E-state index contributed by atoms with van der Waals surface area (Å²) < 4.78 is 13.2. The van der Waals surface area contributed by atoms with Crippen LogP contribution in [0.3, 0.4) is 0 Å². The number of nitrogens with one attached hydrogen (secondary N) is 1. The second kappa shape index (κ2) is 8.18. The molecule has 0 radical (unpaired) electrons. The van der Waals surface area contributed by atoms with Crippen LogP contribution >= 0.6 is 11.6 Å². The summed E-state index contributed by atoms with van der Waals surface area (Å²) >= 11 is 5.97. The zero-order valence-corrected chi connectivity index (χ0v) is 16.8. The van der Waals surface area contributed by atoms with E-state index in [0.717, 1.165) is 18.2 Å². The highest BCUT2D eigenvalue weighted by atomic mass is 35.5. The quantitative estimate of drug-likeness (QED) is 0.328. The maximum absolute atomic E-state index is 5.97. The minimum atomic E-state index is -1.10. The van der Waals surface area contributed by atoms with Crippen molar-refractivity contribution in [1.29, 1.82) is 0 Å². The summed E-state index contributed by atoms with van der Waals surface area (Å²) in [7, 11) is -1.10. The van der Waals surface area contributed by atoms with Crippen LogP contribution in [0.1, 0.15) is 19.7 Å². The van der Waals surface area contributed by atoms with Gasteiger partial charge in [-0.25, -0.2) is 0 Å². The van der Waals surface area contributed by atoms with E-state index in [1.54, 1.807) is 4.68 Å². The summed E-state index contributed by atoms with van der Waals surface area (Å²) in [5.74, 6) is 0.590. The molecule has 1 aliphatic rings. The van der Waals surface area contributed by atoms with Gasteiger partial charge in [0.25, 0.3) is 0 Å². The number of halogens is 1. The van der Waals surface area contributed by atoms with Gasteiger partial charge in [-0.05, 0) is 26.0 Å². The summed E-state index contributed by atoms with van der Waals surface area (Å²) in [6, 6.07) is 1.58. The summed E-state index contributed by atoms with van der Waals surface area (Å²) in [5.41, 5.74) is 0.661. The molecule has 1 aliphatic heterocycles. The molecule has 1 unspecified atom stereocenters. The molecule has 24 heavy (non-hydrogen) atoms. The average Bonchev–Trinajstić information content (AvgIpc) is 2.85. The number of ether oxygens (including phenoxy) is 2. The number of hydrogen-bond acceptors (Lipinski definition) is 5. The van der Waals surface area contributed by atoms with Gasteiger partial charge in [-0.2, -0.15) is 9.67 Å². The van der Waals surface area contributed by atoms with Crippen LogP contribution < -0.4 is 10.1 Å². The van der Waals surface area contributed by atoms with Gasteiger partial charge in [-0.15, -0.1) is 5.10 Å². The van der Waals surface area contributed by atoms with E-state index in [-0.39, 0.29) is 11.6 Å². The van der Waals surface area contributed by atoms with Crippen molar-refractivity contribution < 1.29 is 9.47 Å². The Hall–Kier alpha value is -1.31. The molecule has 1 aromatic rings. The fraction of sp³-hybridized carbons (Fsp3) is 0.625. The van der Waals surface area contributed by atoms with Gasteiger partial charge in [0, 0.05) is 26.5 Å². The highest BCUT2D eigenvalue weighted by Gasteiger charge is 2.17. The highest BCUT2D eigenvalue weighted by Crippen LogP contribution is 2.20. The lowest BCUT2D eigenvalue weighted by atomic mass is 10.2. The van der Waals surface area contributed by atoms with Crippen molar-refractivity contribution in [2.75, 3.05) is 6.61 Å². The van der Waals surface area contributed by atoms with E-state index in [4.69, 9.17) is 21.1 Å². The number of allylic oxidation sites excluding steroid dienone is 2. The van der Waals surface area contributed by atoms with Gasteiger partial charge < -0.3 is 14.8 Å². The first kappa shape index (κ1) is 19.0. The zero-order valence-electron chi connectivity index (χ0n) is 15.0. The van der Waals surface area contributed by atoms with Crippen LogP contribution in [0.4, 0.5) is 0 Å². The van der Waals surface area contributed by atoms with Crippen molar-refractivity contribution >= 4 is 25.2 Å². The first-order valence-corrected chi connectivity index (χ1v) is 12.4. The van der Waals surface area contributed by atoms with Gasteiger partial charge in [-0.1, -0.05) is 37.3 Å². The molecular formula is C16H27ClN4O2Si. The summed E-state index contributed by atoms with van der Waals surface area (Å²) in [4.78, 5) is 4.48. The molecular weight excluding hydrogens is 344 g/mol. The molecule has 0 aliphatic carbocycles. The van der Waals surface area contributed by atoms with Crippen molar-refractivity contribution in [3.05, 3.63) is 24.2 Å². The lowest BCUT2D eigenvalue weighted by molar-refractivity contribution is 0.0658. The van der Waals surface area contributed by atoms with Crippen LogP contribution in [0.15, 0.2) is 18.4 Å². The van der Waals surface area contributed by atoms with Crippen molar-refractivity contribution in [1.82, 2.24) is 20.1 Å². The van der Waals surface area contributed by atoms with E-state index >= 15 is 0 Å². The average molecular weight is 371 g/mol. The molecule has 0 spiro atoms. The SMILES string of the molecule is CC(C)Oc1nc(C2=CNC(Cl)C=C2)nn1COCC[Si](C)(C)C. The monoisotopic (exact) mass is 370 g/mol. The van der Waals surface area contributed by atoms with Gasteiger partial charge in [0.15, 0.2) is 5.82 Å². The van der Waals surface area contributed by atoms with Crippen molar-refractivity contribution in [3.63, 3.8) is 0 Å². The first-order chi connectivity index (χ1) is 11.2. The normalized spacial score (nSPS) is 17.8. The summed E-state index contributed by atoms with van der Waals surface area (Å²) in [6.45, 7) is 12.0. The molecule has 0 saturated carbocycles.